The summed E-state index contributed by atoms with van der Waals surface area (Å²) in [5, 5.41) is 6.50. The van der Waals surface area contributed by atoms with Crippen molar-refractivity contribution >= 4 is 38.6 Å². The number of fused-ring (bicyclic) bond motifs is 3. The lowest BCUT2D eigenvalue weighted by molar-refractivity contribution is -0.137. The van der Waals surface area contributed by atoms with Crippen LogP contribution >= 0.6 is 11.3 Å². The summed E-state index contributed by atoms with van der Waals surface area (Å²) in [5.74, 6) is 0.611. The van der Waals surface area contributed by atoms with E-state index in [1.54, 1.807) is 0 Å². The molecule has 0 aromatic carbocycles. The third-order valence-electron chi connectivity index (χ3n) is 7.05. The van der Waals surface area contributed by atoms with E-state index in [1.165, 1.54) is 6.07 Å². The molecule has 3 aromatic heterocycles. The van der Waals surface area contributed by atoms with Crippen molar-refractivity contribution in [1.82, 2.24) is 20.3 Å². The molecule has 38 heavy (non-hydrogen) atoms. The molecule has 0 radical (unpaired) electrons. The van der Waals surface area contributed by atoms with Gasteiger partial charge in [0.1, 0.15) is 11.4 Å². The lowest BCUT2D eigenvalue weighted by Crippen LogP contribution is -2.44. The number of piperazine rings is 1. The highest BCUT2D eigenvalue weighted by atomic mass is 32.2. The molecular weight excluding hydrogens is 541 g/mol. The first-order valence-electron chi connectivity index (χ1n) is 12.3. The smallest absolute Gasteiger partial charge is 0.375 e. The van der Waals surface area contributed by atoms with Gasteiger partial charge in [-0.3, -0.25) is 0 Å². The number of halogens is 3. The Morgan fingerprint density at radius 3 is 2.84 bits per heavy atom. The van der Waals surface area contributed by atoms with Gasteiger partial charge in [-0.05, 0) is 31.0 Å². The van der Waals surface area contributed by atoms with Crippen LogP contribution in [0.1, 0.15) is 29.5 Å². The number of aryl methyl sites for hydroxylation is 1. The number of nitrogens with zero attached hydrogens (tertiary/aromatic N) is 4. The fraction of sp³-hybridized carbons (Fsp3) is 0.458. The number of pyridine rings is 1. The number of nitrogens with one attached hydrogen (secondary N) is 2. The van der Waals surface area contributed by atoms with Crippen LogP contribution in [0.3, 0.4) is 0 Å². The molecule has 14 heteroatoms. The quantitative estimate of drug-likeness (QED) is 0.477. The Labute approximate surface area is 221 Å². The first-order chi connectivity index (χ1) is 18.1. The van der Waals surface area contributed by atoms with Crippen molar-refractivity contribution in [2.45, 2.75) is 49.5 Å². The molecule has 202 valence electrons. The van der Waals surface area contributed by atoms with Crippen LogP contribution in [0.4, 0.5) is 30.6 Å². The van der Waals surface area contributed by atoms with Crippen molar-refractivity contribution in [3.05, 3.63) is 40.5 Å². The largest absolute Gasteiger partial charge is 0.420 e. The number of thiophene rings is 1. The lowest BCUT2D eigenvalue weighted by atomic mass is 10.2. The van der Waals surface area contributed by atoms with Gasteiger partial charge >= 0.3 is 6.18 Å². The maximum atomic E-state index is 13.9. The van der Waals surface area contributed by atoms with Gasteiger partial charge in [0.25, 0.3) is 0 Å². The molecule has 2 fully saturated rings. The van der Waals surface area contributed by atoms with Crippen molar-refractivity contribution in [3.63, 3.8) is 0 Å². The van der Waals surface area contributed by atoms with Crippen LogP contribution in [0.2, 0.25) is 0 Å². The second-order valence-corrected chi connectivity index (χ2v) is 12.7. The molecule has 2 bridgehead atoms. The zero-order chi connectivity index (χ0) is 26.7. The summed E-state index contributed by atoms with van der Waals surface area (Å²) in [6.45, 7) is 3.83. The molecule has 0 spiro atoms. The van der Waals surface area contributed by atoms with Crippen LogP contribution in [-0.4, -0.2) is 60.9 Å². The van der Waals surface area contributed by atoms with Crippen molar-refractivity contribution in [2.24, 2.45) is 0 Å². The van der Waals surface area contributed by atoms with Crippen LogP contribution in [-0.2, 0) is 33.8 Å². The third kappa shape index (κ3) is 4.63. The number of rotatable bonds is 5. The van der Waals surface area contributed by atoms with Crippen molar-refractivity contribution < 1.29 is 26.3 Å². The number of ether oxygens (including phenoxy) is 1. The van der Waals surface area contributed by atoms with E-state index in [-0.39, 0.29) is 40.4 Å². The van der Waals surface area contributed by atoms with E-state index in [9.17, 15) is 21.6 Å². The second kappa shape index (κ2) is 9.43. The number of hydrogen-bond acceptors (Lipinski definition) is 10. The Kier molecular flexibility index (Phi) is 6.32. The van der Waals surface area contributed by atoms with Gasteiger partial charge in [0, 0.05) is 36.2 Å². The SMILES string of the molecule is CCc1nc(N2C[C@H]3C[C@@H]2CN3)ccc1Nc1ncc(C(F)(F)F)c(-c2cc3c(s2)COCCS3(=O)=O)n1. The molecular formula is C24H25F3N6O3S2. The van der Waals surface area contributed by atoms with Crippen LogP contribution in [0.15, 0.2) is 29.3 Å². The van der Waals surface area contributed by atoms with Gasteiger partial charge in [-0.25, -0.2) is 23.4 Å². The third-order valence-corrected chi connectivity index (χ3v) is 10.0. The van der Waals surface area contributed by atoms with Crippen LogP contribution in [0.25, 0.3) is 10.6 Å². The summed E-state index contributed by atoms with van der Waals surface area (Å²) in [6.07, 6.45) is -2.32. The van der Waals surface area contributed by atoms with Gasteiger partial charge in [-0.2, -0.15) is 13.2 Å². The van der Waals surface area contributed by atoms with Crippen molar-refractivity contribution in [2.75, 3.05) is 35.7 Å². The zero-order valence-corrected chi connectivity index (χ0v) is 22.0. The summed E-state index contributed by atoms with van der Waals surface area (Å²) in [5.41, 5.74) is -0.0807. The molecule has 3 aromatic rings. The predicted octanol–water partition coefficient (Wildman–Crippen LogP) is 3.78. The molecule has 0 aliphatic carbocycles. The Balaban J connectivity index is 1.35. The number of sulfone groups is 1. The summed E-state index contributed by atoms with van der Waals surface area (Å²) < 4.78 is 72.3. The van der Waals surface area contributed by atoms with E-state index in [1.807, 2.05) is 19.1 Å². The molecule has 2 saturated heterocycles. The molecule has 0 amide bonds. The topological polar surface area (TPSA) is 109 Å². The number of aromatic nitrogens is 3. The van der Waals surface area contributed by atoms with E-state index in [0.717, 1.165) is 48.6 Å². The first-order valence-corrected chi connectivity index (χ1v) is 14.7. The highest BCUT2D eigenvalue weighted by Crippen LogP contribution is 2.42. The summed E-state index contributed by atoms with van der Waals surface area (Å²) in [4.78, 5) is 15.7. The monoisotopic (exact) mass is 566 g/mol. The number of alkyl halides is 3. The van der Waals surface area contributed by atoms with Gasteiger partial charge in [0.15, 0.2) is 9.84 Å². The second-order valence-electron chi connectivity index (χ2n) is 9.51. The molecule has 0 saturated carbocycles. The van der Waals surface area contributed by atoms with Crippen molar-refractivity contribution in [1.29, 1.82) is 0 Å². The summed E-state index contributed by atoms with van der Waals surface area (Å²) >= 11 is 0.934. The maximum Gasteiger partial charge on any atom is 0.420 e. The van der Waals surface area contributed by atoms with Gasteiger partial charge in [-0.15, -0.1) is 11.3 Å². The minimum atomic E-state index is -4.73. The average Bonchev–Trinajstić information content (AvgIpc) is 3.61. The molecule has 2 N–H and O–H groups in total. The van der Waals surface area contributed by atoms with Gasteiger partial charge in [0.05, 0.1) is 45.8 Å². The standard InChI is InChI=1S/C24H25F3N6O3S2/c1-2-16-17(3-4-21(30-16)33-11-13-7-14(33)9-28-13)31-23-29-10-15(24(25,26)27)22(32-23)18-8-20-19(37-18)12-36-5-6-38(20,34)35/h3-4,8,10,13-14,28H,2,5-7,9,11-12H2,1H3,(H,29,31,32)/t13-,14-/m1/s1. The van der Waals surface area contributed by atoms with Crippen LogP contribution < -0.4 is 15.5 Å². The van der Waals surface area contributed by atoms with E-state index < -0.39 is 21.6 Å². The molecule has 6 heterocycles. The minimum absolute atomic E-state index is 0.00452. The molecule has 0 unspecified atom stereocenters. The van der Waals surface area contributed by atoms with E-state index in [0.29, 0.717) is 29.1 Å². The van der Waals surface area contributed by atoms with E-state index in [2.05, 4.69) is 25.5 Å². The van der Waals surface area contributed by atoms with Gasteiger partial charge in [0.2, 0.25) is 5.95 Å². The Morgan fingerprint density at radius 2 is 2.13 bits per heavy atom. The molecule has 3 aliphatic heterocycles. The highest BCUT2D eigenvalue weighted by Gasteiger charge is 2.39. The minimum Gasteiger partial charge on any atom is -0.375 e. The van der Waals surface area contributed by atoms with Gasteiger partial charge < -0.3 is 20.3 Å². The summed E-state index contributed by atoms with van der Waals surface area (Å²) in [7, 11) is -3.67. The normalized spacial score (nSPS) is 22.4. The van der Waals surface area contributed by atoms with Crippen LogP contribution in [0.5, 0.6) is 0 Å². The number of anilines is 3. The summed E-state index contributed by atoms with van der Waals surface area (Å²) in [6, 6.07) is 5.88. The Hall–Kier alpha value is -2.81. The number of hydrogen-bond donors (Lipinski definition) is 2. The zero-order valence-electron chi connectivity index (χ0n) is 20.4. The Morgan fingerprint density at radius 1 is 1.29 bits per heavy atom. The van der Waals surface area contributed by atoms with E-state index >= 15 is 0 Å². The molecule has 2 atom stereocenters. The first kappa shape index (κ1) is 25.5. The van der Waals surface area contributed by atoms with E-state index in [4.69, 9.17) is 9.72 Å². The van der Waals surface area contributed by atoms with Gasteiger partial charge in [-0.1, -0.05) is 6.92 Å². The van der Waals surface area contributed by atoms with Crippen LogP contribution in [0, 0.1) is 0 Å². The maximum absolute atomic E-state index is 13.9. The average molecular weight is 567 g/mol. The lowest BCUT2D eigenvalue weighted by Gasteiger charge is -2.29. The van der Waals surface area contributed by atoms with Crippen molar-refractivity contribution in [3.8, 4) is 10.6 Å². The molecule has 3 aliphatic rings. The molecule has 9 nitrogen and oxygen atoms in total. The predicted molar refractivity (Wildman–Crippen MR) is 136 cm³/mol. The fourth-order valence-corrected chi connectivity index (χ4v) is 8.01. The Bertz CT molecular complexity index is 1490. The molecule has 6 rings (SSSR count). The highest BCUT2D eigenvalue weighted by molar-refractivity contribution is 7.91. The fourth-order valence-electron chi connectivity index (χ4n) is 5.17.